The van der Waals surface area contributed by atoms with Gasteiger partial charge in [0.1, 0.15) is 0 Å². The summed E-state index contributed by atoms with van der Waals surface area (Å²) in [5.41, 5.74) is 0.935. The van der Waals surface area contributed by atoms with E-state index in [4.69, 9.17) is 10.2 Å². The first kappa shape index (κ1) is 34.6. The second-order valence-electron chi connectivity index (χ2n) is 9.62. The summed E-state index contributed by atoms with van der Waals surface area (Å²) in [4.78, 5) is 20.9. The molecule has 2 N–H and O–H groups in total. The van der Waals surface area contributed by atoms with Gasteiger partial charge in [-0.2, -0.15) is 0 Å². The van der Waals surface area contributed by atoms with Crippen LogP contribution in [0.1, 0.15) is 156 Å². The Morgan fingerprint density at radius 1 is 0.471 bits per heavy atom. The molecule has 34 heavy (non-hydrogen) atoms. The Morgan fingerprint density at radius 2 is 0.735 bits per heavy atom. The molecule has 0 amide bonds. The zero-order valence-electron chi connectivity index (χ0n) is 23.0. The molecule has 0 fully saturated rings. The van der Waals surface area contributed by atoms with Gasteiger partial charge < -0.3 is 10.2 Å². The van der Waals surface area contributed by atoms with Crippen molar-refractivity contribution in [2.75, 3.05) is 0 Å². The molecule has 200 valence electrons. The van der Waals surface area contributed by atoms with Gasteiger partial charge in [0.15, 0.2) is 0 Å². The number of carboxylic acids is 2. The molecule has 0 rings (SSSR count). The Bertz CT molecular complexity index is 534. The van der Waals surface area contributed by atoms with E-state index in [-0.39, 0.29) is 0 Å². The number of rotatable bonds is 22. The summed E-state index contributed by atoms with van der Waals surface area (Å²) in [6.45, 7) is 7.66. The van der Waals surface area contributed by atoms with Gasteiger partial charge in [-0.15, -0.1) is 0 Å². The van der Waals surface area contributed by atoms with Crippen LogP contribution in [-0.2, 0) is 9.59 Å². The van der Waals surface area contributed by atoms with Gasteiger partial charge in [-0.1, -0.05) is 135 Å². The van der Waals surface area contributed by atoms with Crippen LogP contribution in [-0.4, -0.2) is 22.2 Å². The van der Waals surface area contributed by atoms with Crippen LogP contribution in [0.3, 0.4) is 0 Å². The highest BCUT2D eigenvalue weighted by atomic mass is 16.4. The fourth-order valence-corrected chi connectivity index (χ4v) is 3.71. The van der Waals surface area contributed by atoms with Crippen molar-refractivity contribution in [2.24, 2.45) is 0 Å². The Morgan fingerprint density at radius 3 is 1.03 bits per heavy atom. The van der Waals surface area contributed by atoms with Gasteiger partial charge in [0, 0.05) is 11.1 Å². The number of allylic oxidation sites excluding steroid dienone is 2. The largest absolute Gasteiger partial charge is 0.478 e. The van der Waals surface area contributed by atoms with E-state index in [9.17, 15) is 9.59 Å². The zero-order chi connectivity index (χ0) is 25.9. The zero-order valence-corrected chi connectivity index (χ0v) is 23.0. The topological polar surface area (TPSA) is 74.6 Å². The minimum atomic E-state index is -0.809. The Balaban J connectivity index is 0. The second-order valence-corrected chi connectivity index (χ2v) is 9.62. The molecule has 4 heteroatoms. The van der Waals surface area contributed by atoms with Crippen molar-refractivity contribution in [1.29, 1.82) is 0 Å². The molecule has 0 aliphatic rings. The maximum Gasteiger partial charge on any atom is 0.330 e. The number of unbranched alkanes of at least 4 members (excludes halogenated alkanes) is 18. The average Bonchev–Trinajstić information content (AvgIpc) is 2.81. The van der Waals surface area contributed by atoms with E-state index in [0.717, 1.165) is 32.1 Å². The summed E-state index contributed by atoms with van der Waals surface area (Å²) in [5.74, 6) is -1.59. The van der Waals surface area contributed by atoms with Crippen molar-refractivity contribution in [3.05, 3.63) is 23.3 Å². The minimum absolute atomic E-state index is 0.452. The number of carbonyl (C=O) groups is 2. The van der Waals surface area contributed by atoms with Gasteiger partial charge in [0.05, 0.1) is 0 Å². The normalized spacial score (nSPS) is 11.8. The van der Waals surface area contributed by atoms with E-state index < -0.39 is 11.9 Å². The standard InChI is InChI=1S/C22H42O2.C8H14O2/c1-3-4-5-6-7-8-9-10-11-12-13-14-15-16-17-18-19-20-21(2)22(23)24;1-3-4-5-6-7(2)8(9)10/h20H,3-19H2,1-2H3,(H,23,24);6H,3-5H2,1-2H3,(H,9,10). The van der Waals surface area contributed by atoms with Crippen LogP contribution in [0.5, 0.6) is 0 Å². The van der Waals surface area contributed by atoms with Gasteiger partial charge in [0.25, 0.3) is 0 Å². The van der Waals surface area contributed by atoms with Crippen molar-refractivity contribution < 1.29 is 19.8 Å². The molecule has 0 unspecified atom stereocenters. The maximum absolute atomic E-state index is 10.6. The van der Waals surface area contributed by atoms with Crippen LogP contribution in [0.15, 0.2) is 23.3 Å². The van der Waals surface area contributed by atoms with Crippen molar-refractivity contribution in [3.63, 3.8) is 0 Å². The van der Waals surface area contributed by atoms with Crippen molar-refractivity contribution in [3.8, 4) is 0 Å². The molecule has 0 spiro atoms. The molecule has 4 nitrogen and oxygen atoms in total. The van der Waals surface area contributed by atoms with E-state index >= 15 is 0 Å². The lowest BCUT2D eigenvalue weighted by Gasteiger charge is -2.03. The van der Waals surface area contributed by atoms with Crippen molar-refractivity contribution in [2.45, 2.75) is 156 Å². The molecule has 0 aromatic heterocycles. The van der Waals surface area contributed by atoms with Crippen LogP contribution in [0.4, 0.5) is 0 Å². The highest BCUT2D eigenvalue weighted by Gasteiger charge is 1.98. The SMILES string of the molecule is CCCCC=C(C)C(=O)O.CCCCCCCCCCCCCCCCCCC=C(C)C(=O)O. The average molecular weight is 481 g/mol. The van der Waals surface area contributed by atoms with Gasteiger partial charge in [-0.3, -0.25) is 0 Å². The van der Waals surface area contributed by atoms with Crippen molar-refractivity contribution in [1.82, 2.24) is 0 Å². The predicted octanol–water partition coefficient (Wildman–Crippen LogP) is 9.88. The summed E-state index contributed by atoms with van der Waals surface area (Å²) >= 11 is 0. The van der Waals surface area contributed by atoms with Crippen LogP contribution in [0, 0.1) is 0 Å². The van der Waals surface area contributed by atoms with Crippen LogP contribution in [0.25, 0.3) is 0 Å². The molecular weight excluding hydrogens is 424 g/mol. The molecule has 0 aromatic rings. The fourth-order valence-electron chi connectivity index (χ4n) is 3.71. The lowest BCUT2D eigenvalue weighted by Crippen LogP contribution is -1.95. The third kappa shape index (κ3) is 28.5. The van der Waals surface area contributed by atoms with Crippen LogP contribution >= 0.6 is 0 Å². The molecule has 0 aliphatic carbocycles. The summed E-state index contributed by atoms with van der Waals surface area (Å²) in [6.07, 6.45) is 29.6. The first-order chi connectivity index (χ1) is 16.4. The fraction of sp³-hybridized carbons (Fsp3) is 0.800. The molecule has 0 bridgehead atoms. The number of hydrogen-bond acceptors (Lipinski definition) is 2. The highest BCUT2D eigenvalue weighted by molar-refractivity contribution is 5.86. The maximum atomic E-state index is 10.6. The molecule has 0 saturated heterocycles. The summed E-state index contributed by atoms with van der Waals surface area (Å²) < 4.78 is 0. The van der Waals surface area contributed by atoms with E-state index in [0.29, 0.717) is 11.1 Å². The molecule has 0 aliphatic heterocycles. The van der Waals surface area contributed by atoms with Gasteiger partial charge in [-0.25, -0.2) is 9.59 Å². The van der Waals surface area contributed by atoms with Gasteiger partial charge >= 0.3 is 11.9 Å². The summed E-state index contributed by atoms with van der Waals surface area (Å²) in [6, 6.07) is 0. The molecular formula is C30H56O4. The van der Waals surface area contributed by atoms with Crippen molar-refractivity contribution >= 4 is 11.9 Å². The minimum Gasteiger partial charge on any atom is -0.478 e. The molecule has 0 saturated carbocycles. The third-order valence-electron chi connectivity index (χ3n) is 6.19. The van der Waals surface area contributed by atoms with Gasteiger partial charge in [-0.05, 0) is 33.1 Å². The van der Waals surface area contributed by atoms with Crippen LogP contribution in [0.2, 0.25) is 0 Å². The number of hydrogen-bond donors (Lipinski definition) is 2. The Labute approximate surface area is 211 Å². The van der Waals surface area contributed by atoms with Gasteiger partial charge in [0.2, 0.25) is 0 Å². The number of carboxylic acid groups (broad SMARTS) is 2. The second kappa shape index (κ2) is 27.7. The molecule has 0 radical (unpaired) electrons. The quantitative estimate of drug-likeness (QED) is 0.119. The van der Waals surface area contributed by atoms with E-state index in [1.165, 1.54) is 96.3 Å². The smallest absolute Gasteiger partial charge is 0.330 e. The van der Waals surface area contributed by atoms with E-state index in [1.54, 1.807) is 19.9 Å². The lowest BCUT2D eigenvalue weighted by molar-refractivity contribution is -0.133. The highest BCUT2D eigenvalue weighted by Crippen LogP contribution is 2.14. The molecule has 0 atom stereocenters. The molecule has 0 aromatic carbocycles. The number of aliphatic carboxylic acids is 2. The summed E-state index contributed by atoms with van der Waals surface area (Å²) in [7, 11) is 0. The molecule has 0 heterocycles. The lowest BCUT2D eigenvalue weighted by atomic mass is 10.0. The Kier molecular flexibility index (Phi) is 28.1. The monoisotopic (exact) mass is 480 g/mol. The predicted molar refractivity (Wildman–Crippen MR) is 146 cm³/mol. The van der Waals surface area contributed by atoms with E-state index in [1.807, 2.05) is 6.08 Å². The first-order valence-electron chi connectivity index (χ1n) is 14.2. The first-order valence-corrected chi connectivity index (χ1v) is 14.2. The van der Waals surface area contributed by atoms with Crippen LogP contribution < -0.4 is 0 Å². The third-order valence-corrected chi connectivity index (χ3v) is 6.19. The Hall–Kier alpha value is -1.58. The van der Waals surface area contributed by atoms with E-state index in [2.05, 4.69) is 13.8 Å². The summed E-state index contributed by atoms with van der Waals surface area (Å²) in [5, 5.41) is 17.2.